The number of amides is 1. The molecule has 0 saturated heterocycles. The van der Waals surface area contributed by atoms with Gasteiger partial charge in [-0.3, -0.25) is 4.79 Å². The predicted molar refractivity (Wildman–Crippen MR) is 107 cm³/mol. The molecule has 1 N–H and O–H groups in total. The molecule has 1 aliphatic rings. The zero-order valence-corrected chi connectivity index (χ0v) is 16.7. The summed E-state index contributed by atoms with van der Waals surface area (Å²) in [5, 5.41) is 16.8. The Morgan fingerprint density at radius 3 is 2.81 bits per heavy atom. The average Bonchev–Trinajstić information content (AvgIpc) is 2.99. The van der Waals surface area contributed by atoms with E-state index in [0.717, 1.165) is 41.3 Å². The molecule has 2 aromatic rings. The largest absolute Gasteiger partial charge is 0.385 e. The number of rotatable bonds is 5. The number of oxime groups is 1. The van der Waals surface area contributed by atoms with E-state index in [-0.39, 0.29) is 12.5 Å². The Kier molecular flexibility index (Phi) is 6.07. The Balaban J connectivity index is 1.59. The van der Waals surface area contributed by atoms with Crippen molar-refractivity contribution < 1.29 is 9.63 Å². The summed E-state index contributed by atoms with van der Waals surface area (Å²) in [6.07, 6.45) is 4.13. The number of hydrogen-bond acceptors (Lipinski definition) is 5. The lowest BCUT2D eigenvalue weighted by Crippen LogP contribution is -2.17. The van der Waals surface area contributed by atoms with Crippen molar-refractivity contribution in [3.8, 4) is 6.07 Å². The van der Waals surface area contributed by atoms with Gasteiger partial charge in [0.05, 0.1) is 11.3 Å². The van der Waals surface area contributed by atoms with Crippen molar-refractivity contribution in [1.29, 1.82) is 5.26 Å². The highest BCUT2D eigenvalue weighted by molar-refractivity contribution is 9.10. The predicted octanol–water partition coefficient (Wildman–Crippen LogP) is 4.64. The molecule has 1 heterocycles. The summed E-state index contributed by atoms with van der Waals surface area (Å²) in [6.45, 7) is 1.63. The molecule has 0 spiro atoms. The third-order valence-corrected chi connectivity index (χ3v) is 5.93. The molecule has 0 aliphatic heterocycles. The number of carbonyl (C=O) groups is 1. The summed E-state index contributed by atoms with van der Waals surface area (Å²) in [4.78, 5) is 18.5. The van der Waals surface area contributed by atoms with Crippen molar-refractivity contribution in [2.75, 3.05) is 11.9 Å². The maximum atomic E-state index is 12.1. The minimum atomic E-state index is -0.313. The van der Waals surface area contributed by atoms with E-state index in [1.165, 1.54) is 16.2 Å². The molecule has 0 atom stereocenters. The van der Waals surface area contributed by atoms with Gasteiger partial charge in [0.1, 0.15) is 11.1 Å². The first-order valence-corrected chi connectivity index (χ1v) is 9.96. The van der Waals surface area contributed by atoms with Gasteiger partial charge in [0.2, 0.25) is 0 Å². The van der Waals surface area contributed by atoms with E-state index >= 15 is 0 Å². The first kappa shape index (κ1) is 18.6. The standard InChI is InChI=1S/C19H18BrN3O2S/c1-12(13-6-8-14(20)9-7-13)23-25-11-18(24)22-19-16(10-21)15-4-2-3-5-17(15)26-19/h6-9H,2-5,11H2,1H3,(H,22,24). The Morgan fingerprint density at radius 2 is 2.08 bits per heavy atom. The highest BCUT2D eigenvalue weighted by atomic mass is 79.9. The van der Waals surface area contributed by atoms with Crippen LogP contribution in [0.1, 0.15) is 41.3 Å². The number of fused-ring (bicyclic) bond motifs is 1. The second kappa shape index (κ2) is 8.47. The van der Waals surface area contributed by atoms with Gasteiger partial charge in [-0.2, -0.15) is 5.26 Å². The Hall–Kier alpha value is -2.17. The van der Waals surface area contributed by atoms with Gasteiger partial charge in [0.15, 0.2) is 6.61 Å². The Bertz CT molecular complexity index is 881. The SMILES string of the molecule is CC(=NOCC(=O)Nc1sc2c(c1C#N)CCCC2)c1ccc(Br)cc1. The fourth-order valence-electron chi connectivity index (χ4n) is 2.87. The van der Waals surface area contributed by atoms with Crippen molar-refractivity contribution in [1.82, 2.24) is 0 Å². The van der Waals surface area contributed by atoms with Gasteiger partial charge in [-0.15, -0.1) is 11.3 Å². The highest BCUT2D eigenvalue weighted by Gasteiger charge is 2.21. The number of nitrogens with zero attached hydrogens (tertiary/aromatic N) is 2. The molecule has 1 aromatic heterocycles. The van der Waals surface area contributed by atoms with Gasteiger partial charge < -0.3 is 10.2 Å². The molecule has 134 valence electrons. The summed E-state index contributed by atoms with van der Waals surface area (Å²) in [5.41, 5.74) is 3.32. The summed E-state index contributed by atoms with van der Waals surface area (Å²) >= 11 is 4.89. The van der Waals surface area contributed by atoms with Crippen molar-refractivity contribution in [2.45, 2.75) is 32.6 Å². The van der Waals surface area contributed by atoms with Crippen LogP contribution in [-0.4, -0.2) is 18.2 Å². The number of carbonyl (C=O) groups excluding carboxylic acids is 1. The van der Waals surface area contributed by atoms with Gasteiger partial charge in [0, 0.05) is 9.35 Å². The zero-order chi connectivity index (χ0) is 18.5. The molecule has 1 aliphatic carbocycles. The van der Waals surface area contributed by atoms with Gasteiger partial charge in [-0.1, -0.05) is 33.2 Å². The lowest BCUT2D eigenvalue weighted by molar-refractivity contribution is -0.120. The molecule has 5 nitrogen and oxygen atoms in total. The van der Waals surface area contributed by atoms with Crippen molar-refractivity contribution in [3.63, 3.8) is 0 Å². The first-order valence-electron chi connectivity index (χ1n) is 8.35. The van der Waals surface area contributed by atoms with Crippen LogP contribution in [0, 0.1) is 11.3 Å². The monoisotopic (exact) mass is 431 g/mol. The van der Waals surface area contributed by atoms with Crippen LogP contribution in [0.2, 0.25) is 0 Å². The van der Waals surface area contributed by atoms with E-state index in [2.05, 4.69) is 32.5 Å². The van der Waals surface area contributed by atoms with E-state index in [9.17, 15) is 10.1 Å². The molecule has 0 unspecified atom stereocenters. The fraction of sp³-hybridized carbons (Fsp3) is 0.316. The molecule has 26 heavy (non-hydrogen) atoms. The average molecular weight is 432 g/mol. The van der Waals surface area contributed by atoms with E-state index < -0.39 is 0 Å². The number of thiophene rings is 1. The molecular weight excluding hydrogens is 414 g/mol. The summed E-state index contributed by atoms with van der Waals surface area (Å²) < 4.78 is 0.987. The van der Waals surface area contributed by atoms with Gasteiger partial charge in [-0.25, -0.2) is 0 Å². The quantitative estimate of drug-likeness (QED) is 0.553. The number of aryl methyl sites for hydroxylation is 1. The summed E-state index contributed by atoms with van der Waals surface area (Å²) in [5.74, 6) is -0.313. The molecule has 0 fully saturated rings. The zero-order valence-electron chi connectivity index (χ0n) is 14.3. The van der Waals surface area contributed by atoms with E-state index in [0.29, 0.717) is 16.3 Å². The third kappa shape index (κ3) is 4.32. The normalized spacial score (nSPS) is 13.7. The van der Waals surface area contributed by atoms with E-state index in [1.54, 1.807) is 0 Å². The number of benzene rings is 1. The van der Waals surface area contributed by atoms with Crippen LogP contribution in [0.3, 0.4) is 0 Å². The topological polar surface area (TPSA) is 74.5 Å². The molecule has 0 saturated carbocycles. The summed E-state index contributed by atoms with van der Waals surface area (Å²) in [7, 11) is 0. The Morgan fingerprint density at radius 1 is 1.35 bits per heavy atom. The maximum Gasteiger partial charge on any atom is 0.265 e. The van der Waals surface area contributed by atoms with Crippen LogP contribution in [0.5, 0.6) is 0 Å². The second-order valence-corrected chi connectivity index (χ2v) is 8.05. The van der Waals surface area contributed by atoms with Crippen LogP contribution in [-0.2, 0) is 22.5 Å². The van der Waals surface area contributed by atoms with Crippen LogP contribution in [0.4, 0.5) is 5.00 Å². The van der Waals surface area contributed by atoms with Gasteiger partial charge in [-0.05, 0) is 55.9 Å². The van der Waals surface area contributed by atoms with Crippen LogP contribution >= 0.6 is 27.3 Å². The Labute approximate surface area is 164 Å². The third-order valence-electron chi connectivity index (χ3n) is 4.20. The number of halogens is 1. The van der Waals surface area contributed by atoms with Crippen molar-refractivity contribution in [2.24, 2.45) is 5.16 Å². The van der Waals surface area contributed by atoms with Gasteiger partial charge >= 0.3 is 0 Å². The molecule has 0 radical (unpaired) electrons. The van der Waals surface area contributed by atoms with E-state index in [4.69, 9.17) is 4.84 Å². The number of anilines is 1. The minimum absolute atomic E-state index is 0.193. The van der Waals surface area contributed by atoms with Crippen LogP contribution < -0.4 is 5.32 Å². The van der Waals surface area contributed by atoms with Crippen LogP contribution in [0.15, 0.2) is 33.9 Å². The maximum absolute atomic E-state index is 12.1. The molecule has 7 heteroatoms. The molecule has 3 rings (SSSR count). The fourth-order valence-corrected chi connectivity index (χ4v) is 4.39. The van der Waals surface area contributed by atoms with Crippen molar-refractivity contribution in [3.05, 3.63) is 50.3 Å². The smallest absolute Gasteiger partial charge is 0.265 e. The molecular formula is C19H18BrN3O2S. The van der Waals surface area contributed by atoms with Crippen LogP contribution in [0.25, 0.3) is 0 Å². The molecule has 1 amide bonds. The number of nitrogens with one attached hydrogen (secondary N) is 1. The number of nitriles is 1. The highest BCUT2D eigenvalue weighted by Crippen LogP contribution is 2.37. The number of hydrogen-bond donors (Lipinski definition) is 1. The molecule has 1 aromatic carbocycles. The van der Waals surface area contributed by atoms with E-state index in [1.807, 2.05) is 31.2 Å². The first-order chi connectivity index (χ1) is 12.6. The lowest BCUT2D eigenvalue weighted by atomic mass is 9.96. The minimum Gasteiger partial charge on any atom is -0.385 e. The van der Waals surface area contributed by atoms with Gasteiger partial charge in [0.25, 0.3) is 5.91 Å². The lowest BCUT2D eigenvalue weighted by Gasteiger charge is -2.09. The second-order valence-electron chi connectivity index (χ2n) is 6.03. The van der Waals surface area contributed by atoms with Crippen molar-refractivity contribution >= 4 is 43.9 Å². The molecule has 0 bridgehead atoms. The summed E-state index contributed by atoms with van der Waals surface area (Å²) in [6, 6.07) is 9.91.